The molecule has 3 heterocycles. The molecule has 4 aromatic rings. The number of thioether (sulfide) groups is 1. The number of imide groups is 1. The van der Waals surface area contributed by atoms with Gasteiger partial charge in [-0.3, -0.25) is 24.1 Å². The minimum absolute atomic E-state index is 0.000942. The highest BCUT2D eigenvalue weighted by Crippen LogP contribution is 2.68. The number of aromatic amines is 1. The number of hydrogen-bond donors (Lipinski definition) is 3. The second kappa shape index (κ2) is 11.8. The maximum absolute atomic E-state index is 14.0. The van der Waals surface area contributed by atoms with E-state index in [1.54, 1.807) is 30.0 Å². The van der Waals surface area contributed by atoms with Crippen molar-refractivity contribution >= 4 is 52.2 Å². The number of nitrogens with zero attached hydrogens (tertiary/aromatic N) is 1. The number of anilines is 2. The molecular weight excluding hydrogens is 658 g/mol. The lowest BCUT2D eigenvalue weighted by Gasteiger charge is -2.43. The quantitative estimate of drug-likeness (QED) is 0.166. The van der Waals surface area contributed by atoms with Gasteiger partial charge in [0.25, 0.3) is 5.91 Å². The fourth-order valence-corrected chi connectivity index (χ4v) is 11.1. The molecular formula is C35H30FN3O7S2. The van der Waals surface area contributed by atoms with Crippen molar-refractivity contribution in [2.75, 3.05) is 23.4 Å². The van der Waals surface area contributed by atoms with Crippen molar-refractivity contribution in [3.05, 3.63) is 92.7 Å². The number of benzene rings is 3. The molecule has 7 atom stereocenters. The van der Waals surface area contributed by atoms with E-state index in [0.717, 1.165) is 33.2 Å². The standard InChI is InChI=1S/C35H30FN3O7S2/c1-2-45-24-13-16(3-12-23(24)46-15-25(41)37-18-6-10-20(40)11-7-18)26-27-21-14-22(30(27)47-32-31(26)48-35(44)38-32)29-28(21)33(42)39(34(29)43)19-8-4-17(36)5-9-19/h3-13,21-22,26-30,40H,2,14-15H2,1H3,(H,37,41)(H,38,44)/t21-,22-,26-,27?,28?,29?,30?/m1/s1. The normalized spacial score (nSPS) is 26.6. The highest BCUT2D eigenvalue weighted by Gasteiger charge is 2.69. The summed E-state index contributed by atoms with van der Waals surface area (Å²) in [7, 11) is 0. The SMILES string of the molecule is CCOc1cc([C@H]2c3sc(=O)[nH]c3SC3C2[C@H]2C[C@@H]3C3C(=O)N(c4ccc(F)cc4)C(=O)C32)ccc1OCC(=O)Nc1ccc(O)cc1. The van der Waals surface area contributed by atoms with E-state index < -0.39 is 17.7 Å². The number of fused-ring (bicyclic) bond motifs is 9. The lowest BCUT2D eigenvalue weighted by Crippen LogP contribution is -2.42. The maximum atomic E-state index is 14.0. The lowest BCUT2D eigenvalue weighted by molar-refractivity contribution is -0.123. The summed E-state index contributed by atoms with van der Waals surface area (Å²) in [6, 6.07) is 17.1. The molecule has 0 spiro atoms. The van der Waals surface area contributed by atoms with Crippen LogP contribution in [0.15, 0.2) is 76.6 Å². The third-order valence-electron chi connectivity index (χ3n) is 9.95. The van der Waals surface area contributed by atoms with Gasteiger partial charge in [0.2, 0.25) is 11.8 Å². The molecule has 3 aromatic carbocycles. The number of carbonyl (C=O) groups is 3. The minimum Gasteiger partial charge on any atom is -0.508 e. The van der Waals surface area contributed by atoms with Gasteiger partial charge in [-0.15, -0.1) is 11.8 Å². The van der Waals surface area contributed by atoms with Crippen LogP contribution in [-0.4, -0.2) is 46.3 Å². The largest absolute Gasteiger partial charge is 0.508 e. The van der Waals surface area contributed by atoms with E-state index >= 15 is 0 Å². The predicted octanol–water partition coefficient (Wildman–Crippen LogP) is 5.38. The smallest absolute Gasteiger partial charge is 0.305 e. The summed E-state index contributed by atoms with van der Waals surface area (Å²) in [4.78, 5) is 58.0. The molecule has 2 bridgehead atoms. The average Bonchev–Trinajstić information content (AvgIpc) is 3.81. The number of halogens is 1. The van der Waals surface area contributed by atoms with Crippen LogP contribution in [0.25, 0.3) is 0 Å². The Morgan fingerprint density at radius 3 is 2.44 bits per heavy atom. The van der Waals surface area contributed by atoms with E-state index in [1.165, 1.54) is 41.3 Å². The molecule has 0 radical (unpaired) electrons. The number of rotatable bonds is 8. The van der Waals surface area contributed by atoms with E-state index in [4.69, 9.17) is 9.47 Å². The van der Waals surface area contributed by atoms with Crippen molar-refractivity contribution in [3.63, 3.8) is 0 Å². The number of amides is 3. The molecule has 10 nitrogen and oxygen atoms in total. The van der Waals surface area contributed by atoms with Gasteiger partial charge in [0, 0.05) is 21.7 Å². The Balaban J connectivity index is 1.10. The molecule has 2 aliphatic carbocycles. The van der Waals surface area contributed by atoms with Crippen LogP contribution in [0.5, 0.6) is 17.2 Å². The molecule has 1 saturated heterocycles. The van der Waals surface area contributed by atoms with Crippen LogP contribution in [0.1, 0.15) is 29.7 Å². The van der Waals surface area contributed by atoms with E-state index in [9.17, 15) is 28.7 Å². The first kappa shape index (κ1) is 30.7. The molecule has 4 aliphatic rings. The molecule has 2 saturated carbocycles. The molecule has 48 heavy (non-hydrogen) atoms. The number of carbonyl (C=O) groups excluding carboxylic acids is 3. The first-order valence-electron chi connectivity index (χ1n) is 15.7. The summed E-state index contributed by atoms with van der Waals surface area (Å²) in [5.41, 5.74) is 1.79. The van der Waals surface area contributed by atoms with Gasteiger partial charge >= 0.3 is 4.87 Å². The van der Waals surface area contributed by atoms with Crippen LogP contribution in [-0.2, 0) is 14.4 Å². The summed E-state index contributed by atoms with van der Waals surface area (Å²) < 4.78 is 25.6. The lowest BCUT2D eigenvalue weighted by atomic mass is 9.68. The first-order valence-corrected chi connectivity index (χ1v) is 17.4. The zero-order valence-electron chi connectivity index (χ0n) is 25.6. The van der Waals surface area contributed by atoms with Crippen molar-refractivity contribution in [1.29, 1.82) is 0 Å². The molecule has 3 fully saturated rings. The molecule has 3 N–H and O–H groups in total. The fourth-order valence-electron chi connectivity index (χ4n) is 8.23. The Bertz CT molecular complexity index is 2000. The van der Waals surface area contributed by atoms with Crippen LogP contribution < -0.4 is 24.6 Å². The predicted molar refractivity (Wildman–Crippen MR) is 177 cm³/mol. The number of aromatic nitrogens is 1. The molecule has 1 aromatic heterocycles. The molecule has 3 amide bonds. The Labute approximate surface area is 282 Å². The number of phenolic OH excluding ortho intramolecular Hbond substituents is 1. The number of nitrogens with one attached hydrogen (secondary N) is 2. The number of aromatic hydroxyl groups is 1. The van der Waals surface area contributed by atoms with E-state index in [-0.39, 0.29) is 63.9 Å². The van der Waals surface area contributed by atoms with Gasteiger partial charge in [-0.1, -0.05) is 17.4 Å². The summed E-state index contributed by atoms with van der Waals surface area (Å²) in [6.07, 6.45) is 0.734. The molecule has 2 aliphatic heterocycles. The molecule has 4 unspecified atom stereocenters. The van der Waals surface area contributed by atoms with Crippen molar-refractivity contribution in [3.8, 4) is 17.2 Å². The fraction of sp³-hybridized carbons (Fsp3) is 0.314. The van der Waals surface area contributed by atoms with Crippen molar-refractivity contribution in [2.45, 2.75) is 29.5 Å². The zero-order valence-corrected chi connectivity index (χ0v) is 27.2. The van der Waals surface area contributed by atoms with Gasteiger partial charge < -0.3 is 24.9 Å². The second-order valence-corrected chi connectivity index (χ2v) is 14.7. The number of phenols is 1. The van der Waals surface area contributed by atoms with Crippen LogP contribution in [0.3, 0.4) is 0 Å². The third-order valence-corrected chi connectivity index (χ3v) is 12.5. The average molecular weight is 688 g/mol. The van der Waals surface area contributed by atoms with Gasteiger partial charge in [-0.25, -0.2) is 4.39 Å². The Hall–Kier alpha value is -4.62. The van der Waals surface area contributed by atoms with E-state index in [0.29, 0.717) is 29.5 Å². The van der Waals surface area contributed by atoms with Gasteiger partial charge in [-0.05, 0) is 97.3 Å². The summed E-state index contributed by atoms with van der Waals surface area (Å²) in [5, 5.41) is 13.0. The topological polar surface area (TPSA) is 138 Å². The van der Waals surface area contributed by atoms with Crippen LogP contribution >= 0.6 is 23.1 Å². The Kier molecular flexibility index (Phi) is 7.55. The van der Waals surface area contributed by atoms with Crippen molar-refractivity contribution in [2.24, 2.45) is 29.6 Å². The van der Waals surface area contributed by atoms with E-state index in [1.807, 2.05) is 19.1 Å². The monoisotopic (exact) mass is 687 g/mol. The zero-order chi connectivity index (χ0) is 33.3. The highest BCUT2D eigenvalue weighted by atomic mass is 32.2. The van der Waals surface area contributed by atoms with Crippen LogP contribution in [0.2, 0.25) is 0 Å². The molecule has 246 valence electrons. The third kappa shape index (κ3) is 4.98. The van der Waals surface area contributed by atoms with Gasteiger partial charge in [0.1, 0.15) is 11.6 Å². The van der Waals surface area contributed by atoms with Crippen molar-refractivity contribution < 1.29 is 33.4 Å². The number of H-pyrrole nitrogens is 1. The van der Waals surface area contributed by atoms with Gasteiger partial charge in [0.15, 0.2) is 18.1 Å². The number of hydrogen-bond acceptors (Lipinski definition) is 9. The Morgan fingerprint density at radius 2 is 1.71 bits per heavy atom. The summed E-state index contributed by atoms with van der Waals surface area (Å²) >= 11 is 2.76. The molecule has 13 heteroatoms. The maximum Gasteiger partial charge on any atom is 0.305 e. The number of thiazole rings is 1. The highest BCUT2D eigenvalue weighted by molar-refractivity contribution is 8.00. The minimum atomic E-state index is -0.491. The van der Waals surface area contributed by atoms with Gasteiger partial charge in [0.05, 0.1) is 29.2 Å². The second-order valence-electron chi connectivity index (χ2n) is 12.5. The van der Waals surface area contributed by atoms with Crippen LogP contribution in [0.4, 0.5) is 15.8 Å². The number of ether oxygens (including phenoxy) is 2. The summed E-state index contributed by atoms with van der Waals surface area (Å²) in [6.45, 7) is 1.92. The van der Waals surface area contributed by atoms with Crippen LogP contribution in [0, 0.1) is 35.4 Å². The van der Waals surface area contributed by atoms with Gasteiger partial charge in [-0.2, -0.15) is 0 Å². The Morgan fingerprint density at radius 1 is 0.979 bits per heavy atom. The van der Waals surface area contributed by atoms with E-state index in [2.05, 4.69) is 10.3 Å². The van der Waals surface area contributed by atoms with Crippen molar-refractivity contribution in [1.82, 2.24) is 4.98 Å². The first-order chi connectivity index (χ1) is 23.2. The summed E-state index contributed by atoms with van der Waals surface area (Å²) in [5.74, 6) is -1.76. The molecule has 8 rings (SSSR count).